The summed E-state index contributed by atoms with van der Waals surface area (Å²) in [6.45, 7) is 2.30. The minimum Gasteiger partial charge on any atom is -0.492 e. The number of rotatable bonds is 5. The van der Waals surface area contributed by atoms with Gasteiger partial charge in [0, 0.05) is 23.9 Å². The Hall–Kier alpha value is -4.06. The summed E-state index contributed by atoms with van der Waals surface area (Å²) < 4.78 is 71.7. The molecule has 2 aliphatic rings. The number of hydrogen-bond acceptors (Lipinski definition) is 5. The van der Waals surface area contributed by atoms with Gasteiger partial charge in [-0.2, -0.15) is 13.2 Å². The maximum Gasteiger partial charge on any atom is 0.420 e. The molecular weight excluding hydrogens is 498 g/mol. The van der Waals surface area contributed by atoms with Crippen molar-refractivity contribution in [3.05, 3.63) is 69.9 Å². The van der Waals surface area contributed by atoms with Crippen LogP contribution >= 0.6 is 0 Å². The van der Waals surface area contributed by atoms with Crippen LogP contribution in [0.15, 0.2) is 47.4 Å². The van der Waals surface area contributed by atoms with Gasteiger partial charge in [0.1, 0.15) is 17.3 Å². The summed E-state index contributed by atoms with van der Waals surface area (Å²) in [6, 6.07) is 6.15. The molecule has 2 aliphatic heterocycles. The van der Waals surface area contributed by atoms with E-state index in [1.807, 2.05) is 0 Å². The van der Waals surface area contributed by atoms with Gasteiger partial charge in [-0.1, -0.05) is 6.07 Å². The van der Waals surface area contributed by atoms with Crippen molar-refractivity contribution in [3.63, 3.8) is 0 Å². The summed E-state index contributed by atoms with van der Waals surface area (Å²) >= 11 is 0. The number of urea groups is 1. The van der Waals surface area contributed by atoms with E-state index in [1.54, 1.807) is 6.92 Å². The number of aromatic amines is 1. The number of amides is 2. The van der Waals surface area contributed by atoms with Crippen LogP contribution in [-0.4, -0.2) is 36.4 Å². The molecule has 0 atom stereocenters. The molecule has 3 heterocycles. The molecule has 0 radical (unpaired) electrons. The van der Waals surface area contributed by atoms with E-state index in [2.05, 4.69) is 15.6 Å². The molecular formula is C25H21F4N3O5. The molecule has 194 valence electrons. The molecule has 1 fully saturated rings. The third-order valence-corrected chi connectivity index (χ3v) is 5.98. The van der Waals surface area contributed by atoms with Crippen LogP contribution in [0.2, 0.25) is 0 Å². The molecule has 12 heteroatoms. The van der Waals surface area contributed by atoms with Gasteiger partial charge < -0.3 is 29.8 Å². The van der Waals surface area contributed by atoms with E-state index < -0.39 is 29.2 Å². The SMILES string of the molecule is CC1(Oc2ccc(NC(=O)Nc3ccc(-c4c[nH]c(=O)c5c4OCC5)cc3F)cc2C(F)(F)F)COC1. The molecule has 3 N–H and O–H groups in total. The first-order valence-corrected chi connectivity index (χ1v) is 11.3. The molecule has 0 unspecified atom stereocenters. The summed E-state index contributed by atoms with van der Waals surface area (Å²) in [5.41, 5.74) is -1.18. The highest BCUT2D eigenvalue weighted by Crippen LogP contribution is 2.40. The van der Waals surface area contributed by atoms with E-state index in [0.717, 1.165) is 18.2 Å². The first-order chi connectivity index (χ1) is 17.5. The number of anilines is 2. The van der Waals surface area contributed by atoms with Crippen LogP contribution in [0.1, 0.15) is 18.1 Å². The first kappa shape index (κ1) is 24.6. The van der Waals surface area contributed by atoms with Crippen molar-refractivity contribution < 1.29 is 36.6 Å². The maximum absolute atomic E-state index is 14.8. The van der Waals surface area contributed by atoms with Gasteiger partial charge in [0.05, 0.1) is 36.6 Å². The Morgan fingerprint density at radius 2 is 1.92 bits per heavy atom. The Bertz CT molecular complexity index is 1430. The zero-order valence-electron chi connectivity index (χ0n) is 19.4. The van der Waals surface area contributed by atoms with Crippen molar-refractivity contribution in [2.45, 2.75) is 25.1 Å². The normalized spacial score (nSPS) is 15.8. The van der Waals surface area contributed by atoms with Gasteiger partial charge in [-0.3, -0.25) is 4.79 Å². The second-order valence-electron chi connectivity index (χ2n) is 8.96. The summed E-state index contributed by atoms with van der Waals surface area (Å²) in [7, 11) is 0. The predicted molar refractivity (Wildman–Crippen MR) is 126 cm³/mol. The van der Waals surface area contributed by atoms with Crippen LogP contribution in [0.5, 0.6) is 11.5 Å². The molecule has 1 aromatic heterocycles. The van der Waals surface area contributed by atoms with Gasteiger partial charge in [0.25, 0.3) is 5.56 Å². The van der Waals surface area contributed by atoms with E-state index in [0.29, 0.717) is 35.5 Å². The second-order valence-corrected chi connectivity index (χ2v) is 8.96. The van der Waals surface area contributed by atoms with E-state index in [9.17, 15) is 27.2 Å². The van der Waals surface area contributed by atoms with Gasteiger partial charge >= 0.3 is 12.2 Å². The van der Waals surface area contributed by atoms with E-state index in [1.165, 1.54) is 24.4 Å². The average molecular weight is 519 g/mol. The molecule has 37 heavy (non-hydrogen) atoms. The number of nitrogens with one attached hydrogen (secondary N) is 3. The lowest BCUT2D eigenvalue weighted by atomic mass is 10.0. The third-order valence-electron chi connectivity index (χ3n) is 5.98. The quantitative estimate of drug-likeness (QED) is 0.415. The Morgan fingerprint density at radius 1 is 1.14 bits per heavy atom. The lowest BCUT2D eigenvalue weighted by Gasteiger charge is -2.38. The average Bonchev–Trinajstić information content (AvgIpc) is 3.31. The summed E-state index contributed by atoms with van der Waals surface area (Å²) in [5.74, 6) is -0.793. The zero-order valence-corrected chi connectivity index (χ0v) is 19.4. The number of aromatic nitrogens is 1. The monoisotopic (exact) mass is 519 g/mol. The van der Waals surface area contributed by atoms with Crippen LogP contribution in [0, 0.1) is 5.82 Å². The molecule has 2 amide bonds. The summed E-state index contributed by atoms with van der Waals surface area (Å²) in [4.78, 5) is 27.0. The second kappa shape index (κ2) is 9.11. The van der Waals surface area contributed by atoms with Crippen LogP contribution in [0.25, 0.3) is 11.1 Å². The molecule has 8 nitrogen and oxygen atoms in total. The van der Waals surface area contributed by atoms with Crippen molar-refractivity contribution in [3.8, 4) is 22.6 Å². The number of H-pyrrole nitrogens is 1. The largest absolute Gasteiger partial charge is 0.492 e. The number of benzene rings is 2. The van der Waals surface area contributed by atoms with Crippen molar-refractivity contribution in [2.75, 3.05) is 30.5 Å². The highest BCUT2D eigenvalue weighted by Gasteiger charge is 2.40. The fraction of sp³-hybridized carbons (Fsp3) is 0.280. The van der Waals surface area contributed by atoms with Crippen molar-refractivity contribution in [1.29, 1.82) is 0 Å². The topological polar surface area (TPSA) is 102 Å². The number of alkyl halides is 3. The highest BCUT2D eigenvalue weighted by atomic mass is 19.4. The number of pyridine rings is 1. The van der Waals surface area contributed by atoms with Crippen molar-refractivity contribution in [1.82, 2.24) is 4.98 Å². The molecule has 0 bridgehead atoms. The molecule has 3 aromatic rings. The lowest BCUT2D eigenvalue weighted by Crippen LogP contribution is -2.51. The van der Waals surface area contributed by atoms with E-state index in [-0.39, 0.29) is 35.9 Å². The number of carbonyl (C=O) groups is 1. The van der Waals surface area contributed by atoms with Crippen LogP contribution in [0.4, 0.5) is 33.7 Å². The number of halogens is 4. The van der Waals surface area contributed by atoms with Gasteiger partial charge in [-0.15, -0.1) is 0 Å². The summed E-state index contributed by atoms with van der Waals surface area (Å²) in [5, 5.41) is 4.56. The van der Waals surface area contributed by atoms with Crippen LogP contribution < -0.4 is 25.7 Å². The van der Waals surface area contributed by atoms with Gasteiger partial charge in [0.15, 0.2) is 5.60 Å². The lowest BCUT2D eigenvalue weighted by molar-refractivity contribution is -0.160. The van der Waals surface area contributed by atoms with Crippen molar-refractivity contribution >= 4 is 17.4 Å². The molecule has 2 aromatic carbocycles. The Labute approximate surface area is 207 Å². The van der Waals surface area contributed by atoms with Crippen LogP contribution in [-0.2, 0) is 17.3 Å². The number of hydrogen-bond donors (Lipinski definition) is 3. The van der Waals surface area contributed by atoms with Crippen molar-refractivity contribution in [2.24, 2.45) is 0 Å². The first-order valence-electron chi connectivity index (χ1n) is 11.3. The molecule has 0 spiro atoms. The Kier molecular flexibility index (Phi) is 6.06. The van der Waals surface area contributed by atoms with Gasteiger partial charge in [0.2, 0.25) is 0 Å². The predicted octanol–water partition coefficient (Wildman–Crippen LogP) is 4.95. The minimum atomic E-state index is -4.74. The molecule has 0 aliphatic carbocycles. The molecule has 0 saturated carbocycles. The molecule has 1 saturated heterocycles. The smallest absolute Gasteiger partial charge is 0.420 e. The fourth-order valence-electron chi connectivity index (χ4n) is 4.12. The third kappa shape index (κ3) is 4.96. The Morgan fingerprint density at radius 3 is 2.59 bits per heavy atom. The number of ether oxygens (including phenoxy) is 3. The van der Waals surface area contributed by atoms with Gasteiger partial charge in [-0.25, -0.2) is 9.18 Å². The minimum absolute atomic E-state index is 0.161. The fourth-order valence-corrected chi connectivity index (χ4v) is 4.12. The van der Waals surface area contributed by atoms with Gasteiger partial charge in [-0.05, 0) is 42.8 Å². The zero-order chi connectivity index (χ0) is 26.4. The maximum atomic E-state index is 14.8. The number of carbonyl (C=O) groups excluding carboxylic acids is 1. The van der Waals surface area contributed by atoms with E-state index >= 15 is 0 Å². The standard InChI is InChI=1S/C25H21F4N3O5/c1-24(11-35-12-24)37-20-5-3-14(9-17(20)25(27,28)29)31-23(34)32-19-4-2-13(8-18(19)26)16-10-30-22(33)15-6-7-36-21(15)16/h2-5,8-10H,6-7,11-12H2,1H3,(H,30,33)(H2,31,32,34). The van der Waals surface area contributed by atoms with Crippen LogP contribution in [0.3, 0.4) is 0 Å². The highest BCUT2D eigenvalue weighted by molar-refractivity contribution is 6.00. The van der Waals surface area contributed by atoms with E-state index in [4.69, 9.17) is 14.2 Å². The summed E-state index contributed by atoms with van der Waals surface area (Å²) in [6.07, 6.45) is -2.87. The Balaban J connectivity index is 1.32. The molecule has 5 rings (SSSR count). The number of fused-ring (bicyclic) bond motifs is 1.